The van der Waals surface area contributed by atoms with Gasteiger partial charge in [0.05, 0.1) is 23.8 Å². The average molecular weight is 442 g/mol. The summed E-state index contributed by atoms with van der Waals surface area (Å²) in [5.41, 5.74) is 2.98. The minimum Gasteiger partial charge on any atom is -0.336 e. The van der Waals surface area contributed by atoms with Gasteiger partial charge in [-0.25, -0.2) is 0 Å². The van der Waals surface area contributed by atoms with E-state index in [2.05, 4.69) is 5.32 Å². The number of para-hydroxylation sites is 2. The van der Waals surface area contributed by atoms with Gasteiger partial charge in [0.1, 0.15) is 0 Å². The molecule has 0 fully saturated rings. The molecule has 0 saturated heterocycles. The maximum Gasteiger partial charge on any atom is 0.246 e. The van der Waals surface area contributed by atoms with E-state index in [1.165, 1.54) is 4.90 Å². The Balaban J connectivity index is 1.60. The van der Waals surface area contributed by atoms with Crippen LogP contribution in [0.5, 0.6) is 0 Å². The van der Waals surface area contributed by atoms with Crippen LogP contribution in [-0.4, -0.2) is 42.3 Å². The summed E-state index contributed by atoms with van der Waals surface area (Å²) in [7, 11) is 1.65. The Hall–Kier alpha value is -3.93. The lowest BCUT2D eigenvalue weighted by Gasteiger charge is -2.31. The van der Waals surface area contributed by atoms with Crippen molar-refractivity contribution in [2.45, 2.75) is 25.3 Å². The highest BCUT2D eigenvalue weighted by molar-refractivity contribution is 6.05. The first-order valence-electron chi connectivity index (χ1n) is 11.0. The fourth-order valence-electron chi connectivity index (χ4n) is 4.31. The molecule has 4 rings (SSSR count). The standard InChI is InChI=1S/C27H27N3O3/c1-19-17-24(31)28-22-15-9-10-16-23(22)30(19)25(32)18-29(2)27(33)26(20-11-5-3-6-12-20)21-13-7-4-8-14-21/h3-16,19,26H,17-18H2,1-2H3,(H,28,31). The molecule has 3 amide bonds. The zero-order valence-electron chi connectivity index (χ0n) is 18.8. The molecule has 1 aliphatic rings. The third-order valence-corrected chi connectivity index (χ3v) is 5.89. The van der Waals surface area contributed by atoms with Gasteiger partial charge in [-0.2, -0.15) is 0 Å². The topological polar surface area (TPSA) is 69.7 Å². The van der Waals surface area contributed by atoms with E-state index in [1.807, 2.05) is 85.8 Å². The van der Waals surface area contributed by atoms with Gasteiger partial charge >= 0.3 is 0 Å². The quantitative estimate of drug-likeness (QED) is 0.650. The maximum absolute atomic E-state index is 13.6. The summed E-state index contributed by atoms with van der Waals surface area (Å²) in [5.74, 6) is -1.04. The van der Waals surface area contributed by atoms with Crippen LogP contribution in [0.15, 0.2) is 84.9 Å². The Labute approximate surface area is 193 Å². The molecule has 6 nitrogen and oxygen atoms in total. The van der Waals surface area contributed by atoms with E-state index in [1.54, 1.807) is 18.0 Å². The van der Waals surface area contributed by atoms with Crippen LogP contribution in [0.3, 0.4) is 0 Å². The molecule has 0 radical (unpaired) electrons. The lowest BCUT2D eigenvalue weighted by atomic mass is 9.90. The molecule has 0 aromatic heterocycles. The van der Waals surface area contributed by atoms with Crippen molar-refractivity contribution in [3.63, 3.8) is 0 Å². The van der Waals surface area contributed by atoms with Crippen molar-refractivity contribution in [2.75, 3.05) is 23.8 Å². The van der Waals surface area contributed by atoms with Crippen molar-refractivity contribution in [1.82, 2.24) is 4.90 Å². The molecule has 33 heavy (non-hydrogen) atoms. The zero-order valence-corrected chi connectivity index (χ0v) is 18.8. The lowest BCUT2D eigenvalue weighted by Crippen LogP contribution is -2.46. The number of fused-ring (bicyclic) bond motifs is 1. The SMILES string of the molecule is CC1CC(=O)Nc2ccccc2N1C(=O)CN(C)C(=O)C(c1ccccc1)c1ccccc1. The number of hydrogen-bond donors (Lipinski definition) is 1. The number of amides is 3. The summed E-state index contributed by atoms with van der Waals surface area (Å²) in [4.78, 5) is 42.4. The van der Waals surface area contributed by atoms with Crippen molar-refractivity contribution in [1.29, 1.82) is 0 Å². The molecule has 0 bridgehead atoms. The monoisotopic (exact) mass is 441 g/mol. The first-order chi connectivity index (χ1) is 16.0. The van der Waals surface area contributed by atoms with Gasteiger partial charge < -0.3 is 15.1 Å². The fraction of sp³-hybridized carbons (Fsp3) is 0.222. The highest BCUT2D eigenvalue weighted by Crippen LogP contribution is 2.32. The smallest absolute Gasteiger partial charge is 0.246 e. The second-order valence-corrected chi connectivity index (χ2v) is 8.33. The number of hydrogen-bond acceptors (Lipinski definition) is 3. The largest absolute Gasteiger partial charge is 0.336 e. The molecule has 0 aliphatic carbocycles. The van der Waals surface area contributed by atoms with Gasteiger partial charge in [-0.1, -0.05) is 72.8 Å². The average Bonchev–Trinajstić information content (AvgIpc) is 2.94. The van der Waals surface area contributed by atoms with Crippen LogP contribution < -0.4 is 10.2 Å². The summed E-state index contributed by atoms with van der Waals surface area (Å²) in [6.07, 6.45) is 0.189. The van der Waals surface area contributed by atoms with Crippen LogP contribution in [0.1, 0.15) is 30.4 Å². The molecule has 6 heteroatoms. The lowest BCUT2D eigenvalue weighted by molar-refractivity contribution is -0.134. The van der Waals surface area contributed by atoms with Gasteiger partial charge in [-0.05, 0) is 30.2 Å². The third-order valence-electron chi connectivity index (χ3n) is 5.89. The van der Waals surface area contributed by atoms with Gasteiger partial charge in [0.25, 0.3) is 0 Å². The van der Waals surface area contributed by atoms with Gasteiger partial charge in [0.15, 0.2) is 0 Å². The minimum atomic E-state index is -0.512. The predicted molar refractivity (Wildman–Crippen MR) is 129 cm³/mol. The number of anilines is 2. The zero-order chi connectivity index (χ0) is 23.4. The molecule has 1 aliphatic heterocycles. The van der Waals surface area contributed by atoms with Gasteiger partial charge in [0, 0.05) is 19.5 Å². The number of nitrogens with zero attached hydrogens (tertiary/aromatic N) is 2. The van der Waals surface area contributed by atoms with E-state index in [0.29, 0.717) is 11.4 Å². The summed E-state index contributed by atoms with van der Waals surface area (Å²) in [6.45, 7) is 1.75. The highest BCUT2D eigenvalue weighted by atomic mass is 16.2. The first kappa shape index (κ1) is 22.3. The van der Waals surface area contributed by atoms with Crippen LogP contribution >= 0.6 is 0 Å². The summed E-state index contributed by atoms with van der Waals surface area (Å²) in [5, 5.41) is 2.86. The Morgan fingerprint density at radius 1 is 0.939 bits per heavy atom. The van der Waals surface area contributed by atoms with Gasteiger partial charge in [0.2, 0.25) is 17.7 Å². The summed E-state index contributed by atoms with van der Waals surface area (Å²) in [6, 6.07) is 26.1. The number of rotatable bonds is 5. The molecule has 1 N–H and O–H groups in total. The summed E-state index contributed by atoms with van der Waals surface area (Å²) >= 11 is 0. The summed E-state index contributed by atoms with van der Waals surface area (Å²) < 4.78 is 0. The predicted octanol–water partition coefficient (Wildman–Crippen LogP) is 4.04. The fourth-order valence-corrected chi connectivity index (χ4v) is 4.31. The Morgan fingerprint density at radius 2 is 1.48 bits per heavy atom. The van der Waals surface area contributed by atoms with Crippen LogP contribution in [0, 0.1) is 0 Å². The molecule has 3 aromatic carbocycles. The van der Waals surface area contributed by atoms with Crippen LogP contribution in [0.4, 0.5) is 11.4 Å². The Kier molecular flexibility index (Phi) is 6.54. The minimum absolute atomic E-state index is 0.0954. The van der Waals surface area contributed by atoms with Crippen molar-refractivity contribution in [3.8, 4) is 0 Å². The number of benzene rings is 3. The van der Waals surface area contributed by atoms with Crippen LogP contribution in [0.25, 0.3) is 0 Å². The molecule has 0 saturated carbocycles. The molecular formula is C27H27N3O3. The van der Waals surface area contributed by atoms with Crippen molar-refractivity contribution >= 4 is 29.1 Å². The van der Waals surface area contributed by atoms with Crippen molar-refractivity contribution in [3.05, 3.63) is 96.1 Å². The van der Waals surface area contributed by atoms with E-state index < -0.39 is 5.92 Å². The maximum atomic E-state index is 13.6. The van der Waals surface area contributed by atoms with Crippen LogP contribution in [-0.2, 0) is 14.4 Å². The Morgan fingerprint density at radius 3 is 2.09 bits per heavy atom. The Bertz CT molecular complexity index is 1110. The normalized spacial score (nSPS) is 15.4. The van der Waals surface area contributed by atoms with E-state index in [0.717, 1.165) is 11.1 Å². The van der Waals surface area contributed by atoms with Gasteiger partial charge in [-0.15, -0.1) is 0 Å². The number of carbonyl (C=O) groups excluding carboxylic acids is 3. The highest BCUT2D eigenvalue weighted by Gasteiger charge is 2.32. The van der Waals surface area contributed by atoms with Crippen molar-refractivity contribution in [2.24, 2.45) is 0 Å². The molecule has 3 aromatic rings. The molecule has 0 spiro atoms. The molecule has 1 atom stereocenters. The molecule has 168 valence electrons. The molecule has 1 unspecified atom stereocenters. The van der Waals surface area contributed by atoms with E-state index >= 15 is 0 Å². The number of nitrogens with one attached hydrogen (secondary N) is 1. The molecular weight excluding hydrogens is 414 g/mol. The third kappa shape index (κ3) is 4.80. The van der Waals surface area contributed by atoms with E-state index in [-0.39, 0.29) is 36.7 Å². The first-order valence-corrected chi connectivity index (χ1v) is 11.0. The van der Waals surface area contributed by atoms with E-state index in [4.69, 9.17) is 0 Å². The van der Waals surface area contributed by atoms with Gasteiger partial charge in [-0.3, -0.25) is 14.4 Å². The molecule has 1 heterocycles. The van der Waals surface area contributed by atoms with Crippen LogP contribution in [0.2, 0.25) is 0 Å². The number of likely N-dealkylation sites (N-methyl/N-ethyl adjacent to an activating group) is 1. The second-order valence-electron chi connectivity index (χ2n) is 8.33. The second kappa shape index (κ2) is 9.69. The number of carbonyl (C=O) groups is 3. The van der Waals surface area contributed by atoms with E-state index in [9.17, 15) is 14.4 Å². The van der Waals surface area contributed by atoms with Crippen molar-refractivity contribution < 1.29 is 14.4 Å².